The molecule has 3 aromatic rings. The van der Waals surface area contributed by atoms with Crippen LogP contribution < -0.4 is 5.32 Å². The van der Waals surface area contributed by atoms with E-state index in [0.29, 0.717) is 16.3 Å². The Labute approximate surface area is 162 Å². The standard InChI is InChI=1S/C21H21ClN2O3/c1-4-27-19(25)14-7-5-6-8-18(14)24-20(26)21(2,3)16-12-23-17-10-9-13(22)11-15(16)17/h5-12,23H,4H2,1-3H3,(H,24,26). The summed E-state index contributed by atoms with van der Waals surface area (Å²) in [6, 6.07) is 12.3. The Hall–Kier alpha value is -2.79. The Morgan fingerprint density at radius 1 is 1.19 bits per heavy atom. The lowest BCUT2D eigenvalue weighted by molar-refractivity contribution is -0.120. The highest BCUT2D eigenvalue weighted by Gasteiger charge is 2.33. The molecule has 27 heavy (non-hydrogen) atoms. The lowest BCUT2D eigenvalue weighted by atomic mass is 9.83. The van der Waals surface area contributed by atoms with Crippen LogP contribution in [0.4, 0.5) is 5.69 Å². The molecule has 0 spiro atoms. The van der Waals surface area contributed by atoms with E-state index in [1.54, 1.807) is 37.3 Å². The molecule has 5 nitrogen and oxygen atoms in total. The fourth-order valence-electron chi connectivity index (χ4n) is 2.99. The molecule has 140 valence electrons. The van der Waals surface area contributed by atoms with Gasteiger partial charge >= 0.3 is 5.97 Å². The van der Waals surface area contributed by atoms with Crippen LogP contribution >= 0.6 is 11.6 Å². The van der Waals surface area contributed by atoms with E-state index < -0.39 is 11.4 Å². The molecule has 0 radical (unpaired) electrons. The topological polar surface area (TPSA) is 71.2 Å². The third-order valence-corrected chi connectivity index (χ3v) is 4.79. The lowest BCUT2D eigenvalue weighted by Crippen LogP contribution is -2.35. The number of nitrogens with one attached hydrogen (secondary N) is 2. The minimum Gasteiger partial charge on any atom is -0.462 e. The van der Waals surface area contributed by atoms with Crippen molar-refractivity contribution in [3.05, 3.63) is 64.8 Å². The van der Waals surface area contributed by atoms with Gasteiger partial charge in [-0.25, -0.2) is 4.79 Å². The van der Waals surface area contributed by atoms with Crippen molar-refractivity contribution in [2.75, 3.05) is 11.9 Å². The van der Waals surface area contributed by atoms with Gasteiger partial charge in [0, 0.05) is 22.1 Å². The van der Waals surface area contributed by atoms with E-state index in [1.807, 2.05) is 32.2 Å². The van der Waals surface area contributed by atoms with Crippen LogP contribution in [0.1, 0.15) is 36.7 Å². The molecular weight excluding hydrogens is 364 g/mol. The summed E-state index contributed by atoms with van der Waals surface area (Å²) in [7, 11) is 0. The number of ether oxygens (including phenoxy) is 1. The molecule has 0 bridgehead atoms. The zero-order valence-corrected chi connectivity index (χ0v) is 16.2. The molecule has 0 unspecified atom stereocenters. The normalized spacial score (nSPS) is 11.4. The molecule has 0 saturated carbocycles. The Balaban J connectivity index is 1.94. The van der Waals surface area contributed by atoms with Crippen LogP contribution in [0, 0.1) is 0 Å². The van der Waals surface area contributed by atoms with Crippen LogP contribution in [0.15, 0.2) is 48.7 Å². The number of aromatic amines is 1. The second-order valence-electron chi connectivity index (χ2n) is 6.74. The van der Waals surface area contributed by atoms with E-state index in [2.05, 4.69) is 10.3 Å². The van der Waals surface area contributed by atoms with Gasteiger partial charge in [0.2, 0.25) is 5.91 Å². The number of amides is 1. The zero-order valence-electron chi connectivity index (χ0n) is 15.4. The van der Waals surface area contributed by atoms with Crippen LogP contribution in [-0.4, -0.2) is 23.5 Å². The number of hydrogen-bond acceptors (Lipinski definition) is 3. The Morgan fingerprint density at radius 2 is 1.93 bits per heavy atom. The molecule has 3 rings (SSSR count). The molecule has 0 aliphatic heterocycles. The number of halogens is 1. The number of esters is 1. The summed E-state index contributed by atoms with van der Waals surface area (Å²) >= 11 is 6.13. The highest BCUT2D eigenvalue weighted by molar-refractivity contribution is 6.31. The van der Waals surface area contributed by atoms with Crippen molar-refractivity contribution in [1.82, 2.24) is 4.98 Å². The van der Waals surface area contributed by atoms with E-state index in [-0.39, 0.29) is 12.5 Å². The second-order valence-corrected chi connectivity index (χ2v) is 7.17. The molecule has 1 aromatic heterocycles. The van der Waals surface area contributed by atoms with Crippen molar-refractivity contribution < 1.29 is 14.3 Å². The number of H-pyrrole nitrogens is 1. The van der Waals surface area contributed by atoms with E-state index >= 15 is 0 Å². The van der Waals surface area contributed by atoms with Crippen LogP contribution in [-0.2, 0) is 14.9 Å². The third-order valence-electron chi connectivity index (χ3n) is 4.56. The van der Waals surface area contributed by atoms with Gasteiger partial charge in [-0.3, -0.25) is 4.79 Å². The predicted octanol–water partition coefficient (Wildman–Crippen LogP) is 4.91. The summed E-state index contributed by atoms with van der Waals surface area (Å²) in [5, 5.41) is 4.37. The fraction of sp³-hybridized carbons (Fsp3) is 0.238. The van der Waals surface area contributed by atoms with Crippen LogP contribution in [0.25, 0.3) is 10.9 Å². The minimum absolute atomic E-state index is 0.236. The first kappa shape index (κ1) is 19.0. The zero-order chi connectivity index (χ0) is 19.6. The molecular formula is C21H21ClN2O3. The van der Waals surface area contributed by atoms with E-state index in [4.69, 9.17) is 16.3 Å². The van der Waals surface area contributed by atoms with Crippen LogP contribution in [0.2, 0.25) is 5.02 Å². The average molecular weight is 385 g/mol. The molecule has 1 heterocycles. The number of benzene rings is 2. The van der Waals surface area contributed by atoms with E-state index in [0.717, 1.165) is 16.5 Å². The predicted molar refractivity (Wildman–Crippen MR) is 107 cm³/mol. The number of anilines is 1. The maximum absolute atomic E-state index is 13.1. The first-order valence-electron chi connectivity index (χ1n) is 8.69. The van der Waals surface area contributed by atoms with Gasteiger partial charge in [-0.1, -0.05) is 23.7 Å². The molecule has 1 amide bonds. The van der Waals surface area contributed by atoms with Gasteiger partial charge in [-0.15, -0.1) is 0 Å². The number of fused-ring (bicyclic) bond motifs is 1. The van der Waals surface area contributed by atoms with Gasteiger partial charge in [0.15, 0.2) is 0 Å². The second kappa shape index (κ2) is 7.45. The van der Waals surface area contributed by atoms with Crippen LogP contribution in [0.3, 0.4) is 0 Å². The summed E-state index contributed by atoms with van der Waals surface area (Å²) in [6.07, 6.45) is 1.82. The Kier molecular flexibility index (Phi) is 5.24. The summed E-state index contributed by atoms with van der Waals surface area (Å²) in [5.41, 5.74) is 1.62. The van der Waals surface area contributed by atoms with Crippen molar-refractivity contribution in [2.24, 2.45) is 0 Å². The molecule has 0 fully saturated rings. The van der Waals surface area contributed by atoms with Crippen molar-refractivity contribution in [2.45, 2.75) is 26.2 Å². The molecule has 0 aliphatic rings. The maximum atomic E-state index is 13.1. The minimum atomic E-state index is -0.856. The molecule has 2 N–H and O–H groups in total. The summed E-state index contributed by atoms with van der Waals surface area (Å²) in [6.45, 7) is 5.67. The maximum Gasteiger partial charge on any atom is 0.340 e. The molecule has 0 atom stereocenters. The highest BCUT2D eigenvalue weighted by Crippen LogP contribution is 2.33. The van der Waals surface area contributed by atoms with E-state index in [1.165, 1.54) is 0 Å². The fourth-order valence-corrected chi connectivity index (χ4v) is 3.16. The summed E-state index contributed by atoms with van der Waals surface area (Å²) in [5.74, 6) is -0.704. The molecule has 0 aliphatic carbocycles. The van der Waals surface area contributed by atoms with Crippen molar-refractivity contribution >= 4 is 40.1 Å². The summed E-state index contributed by atoms with van der Waals surface area (Å²) in [4.78, 5) is 28.4. The number of para-hydroxylation sites is 1. The first-order chi connectivity index (χ1) is 12.8. The van der Waals surface area contributed by atoms with Gasteiger partial charge in [-0.05, 0) is 56.7 Å². The van der Waals surface area contributed by atoms with Gasteiger partial charge in [0.1, 0.15) is 0 Å². The number of aromatic nitrogens is 1. The number of rotatable bonds is 5. The number of carbonyl (C=O) groups is 2. The molecule has 2 aromatic carbocycles. The monoisotopic (exact) mass is 384 g/mol. The number of hydrogen-bond donors (Lipinski definition) is 2. The summed E-state index contributed by atoms with van der Waals surface area (Å²) < 4.78 is 5.07. The largest absolute Gasteiger partial charge is 0.462 e. The number of carbonyl (C=O) groups excluding carboxylic acids is 2. The van der Waals surface area contributed by atoms with Gasteiger partial charge in [-0.2, -0.15) is 0 Å². The van der Waals surface area contributed by atoms with Crippen LogP contribution in [0.5, 0.6) is 0 Å². The van der Waals surface area contributed by atoms with Crippen molar-refractivity contribution in [3.63, 3.8) is 0 Å². The third kappa shape index (κ3) is 3.69. The van der Waals surface area contributed by atoms with E-state index in [9.17, 15) is 9.59 Å². The first-order valence-corrected chi connectivity index (χ1v) is 9.07. The van der Waals surface area contributed by atoms with Gasteiger partial charge in [0.25, 0.3) is 0 Å². The van der Waals surface area contributed by atoms with Gasteiger partial charge in [0.05, 0.1) is 23.3 Å². The van der Waals surface area contributed by atoms with Gasteiger partial charge < -0.3 is 15.0 Å². The quantitative estimate of drug-likeness (QED) is 0.613. The molecule has 6 heteroatoms. The lowest BCUT2D eigenvalue weighted by Gasteiger charge is -2.24. The molecule has 0 saturated heterocycles. The average Bonchev–Trinajstić information content (AvgIpc) is 3.06. The van der Waals surface area contributed by atoms with Crippen molar-refractivity contribution in [1.29, 1.82) is 0 Å². The Bertz CT molecular complexity index is 1010. The SMILES string of the molecule is CCOC(=O)c1ccccc1NC(=O)C(C)(C)c1c[nH]c2ccc(Cl)cc12. The smallest absolute Gasteiger partial charge is 0.340 e. The highest BCUT2D eigenvalue weighted by atomic mass is 35.5. The van der Waals surface area contributed by atoms with Crippen molar-refractivity contribution in [3.8, 4) is 0 Å². The Morgan fingerprint density at radius 3 is 2.67 bits per heavy atom.